The summed E-state index contributed by atoms with van der Waals surface area (Å²) >= 11 is 1.48. The highest BCUT2D eigenvalue weighted by molar-refractivity contribution is 7.89. The Hall–Kier alpha value is -1.26. The molecule has 0 bridgehead atoms. The molecule has 2 N–H and O–H groups in total. The smallest absolute Gasteiger partial charge is 0.225 e. The quantitative estimate of drug-likeness (QED) is 0.846. The van der Waals surface area contributed by atoms with Crippen LogP contribution >= 0.6 is 11.3 Å². The topological polar surface area (TPSA) is 97.5 Å². The van der Waals surface area contributed by atoms with E-state index in [0.717, 1.165) is 4.88 Å². The number of benzene rings is 1. The minimum atomic E-state index is -3.84. The summed E-state index contributed by atoms with van der Waals surface area (Å²) in [5.74, 6) is 0. The van der Waals surface area contributed by atoms with Crippen molar-refractivity contribution in [3.05, 3.63) is 46.7 Å². The second kappa shape index (κ2) is 6.47. The van der Waals surface area contributed by atoms with Gasteiger partial charge >= 0.3 is 0 Å². The van der Waals surface area contributed by atoms with Crippen LogP contribution in [0.2, 0.25) is 0 Å². The van der Waals surface area contributed by atoms with Crippen LogP contribution < -0.4 is 5.14 Å². The van der Waals surface area contributed by atoms with E-state index in [9.17, 15) is 16.8 Å². The van der Waals surface area contributed by atoms with Crippen LogP contribution in [-0.4, -0.2) is 27.7 Å². The molecule has 0 amide bonds. The fraction of sp³-hybridized carbons (Fsp3) is 0.231. The monoisotopic (exact) mass is 360 g/mol. The van der Waals surface area contributed by atoms with Gasteiger partial charge in [-0.1, -0.05) is 13.0 Å². The van der Waals surface area contributed by atoms with Crippen molar-refractivity contribution in [3.63, 3.8) is 0 Å². The van der Waals surface area contributed by atoms with E-state index in [1.165, 1.54) is 39.9 Å². The third kappa shape index (κ3) is 3.73. The molecular formula is C13H16N2O4S3. The molecule has 0 spiro atoms. The van der Waals surface area contributed by atoms with Crippen molar-refractivity contribution < 1.29 is 16.8 Å². The molecule has 0 fully saturated rings. The summed E-state index contributed by atoms with van der Waals surface area (Å²) in [7, 11) is -7.52. The molecule has 6 nitrogen and oxygen atoms in total. The average molecular weight is 360 g/mol. The maximum atomic E-state index is 12.6. The van der Waals surface area contributed by atoms with Crippen LogP contribution in [0.1, 0.15) is 11.8 Å². The Morgan fingerprint density at radius 3 is 2.09 bits per heavy atom. The van der Waals surface area contributed by atoms with Crippen LogP contribution in [-0.2, 0) is 26.6 Å². The minimum absolute atomic E-state index is 0.0401. The third-order valence-electron chi connectivity index (χ3n) is 3.06. The highest BCUT2D eigenvalue weighted by Gasteiger charge is 2.24. The number of sulfonamides is 2. The molecule has 0 atom stereocenters. The van der Waals surface area contributed by atoms with Crippen molar-refractivity contribution in [1.29, 1.82) is 0 Å². The Bertz CT molecular complexity index is 826. The molecule has 0 aliphatic heterocycles. The highest BCUT2D eigenvalue weighted by atomic mass is 32.2. The molecule has 1 aromatic carbocycles. The Labute approximate surface area is 134 Å². The lowest BCUT2D eigenvalue weighted by Crippen LogP contribution is -2.30. The molecule has 2 rings (SSSR count). The lowest BCUT2D eigenvalue weighted by atomic mass is 10.4. The molecule has 1 aromatic heterocycles. The van der Waals surface area contributed by atoms with Gasteiger partial charge in [-0.2, -0.15) is 4.31 Å². The molecule has 1 heterocycles. The molecule has 0 unspecified atom stereocenters. The molecule has 0 saturated carbocycles. The number of rotatable bonds is 6. The molecule has 0 saturated heterocycles. The van der Waals surface area contributed by atoms with Gasteiger partial charge in [0.2, 0.25) is 20.0 Å². The number of nitrogens with two attached hydrogens (primary N) is 1. The van der Waals surface area contributed by atoms with E-state index >= 15 is 0 Å². The van der Waals surface area contributed by atoms with Crippen molar-refractivity contribution in [1.82, 2.24) is 4.31 Å². The summed E-state index contributed by atoms with van der Waals surface area (Å²) in [4.78, 5) is 0.859. The van der Waals surface area contributed by atoms with Crippen LogP contribution in [0.5, 0.6) is 0 Å². The second-order valence-corrected chi connectivity index (χ2v) is 9.06. The first kappa shape index (κ1) is 17.1. The van der Waals surface area contributed by atoms with Crippen LogP contribution in [0.4, 0.5) is 0 Å². The highest BCUT2D eigenvalue weighted by Crippen LogP contribution is 2.21. The standard InChI is InChI=1S/C13H16N2O4S3/c1-2-15(10-11-4-3-9-20-11)22(18,19)13-7-5-12(6-8-13)21(14,16)17/h3-9H,2,10H2,1H3,(H2,14,16,17). The van der Waals surface area contributed by atoms with Crippen LogP contribution in [0.3, 0.4) is 0 Å². The Kier molecular flexibility index (Phi) is 5.03. The SMILES string of the molecule is CCN(Cc1cccs1)S(=O)(=O)c1ccc(S(N)(=O)=O)cc1. The number of primary sulfonamides is 1. The number of nitrogens with zero attached hydrogens (tertiary/aromatic N) is 1. The third-order valence-corrected chi connectivity index (χ3v) is 6.78. The summed E-state index contributed by atoms with van der Waals surface area (Å²) in [5, 5.41) is 6.89. The molecule has 9 heteroatoms. The maximum Gasteiger partial charge on any atom is 0.243 e. The van der Waals surface area contributed by atoms with Gasteiger partial charge in [0.15, 0.2) is 0 Å². The summed E-state index contributed by atoms with van der Waals surface area (Å²) in [6.45, 7) is 2.36. The maximum absolute atomic E-state index is 12.6. The molecule has 0 aliphatic rings. The second-order valence-electron chi connectivity index (χ2n) is 4.53. The Balaban J connectivity index is 2.32. The first-order chi connectivity index (χ1) is 10.2. The predicted octanol–water partition coefficient (Wildman–Crippen LogP) is 1.61. The van der Waals surface area contributed by atoms with Crippen molar-refractivity contribution in [2.75, 3.05) is 6.54 Å². The van der Waals surface area contributed by atoms with E-state index < -0.39 is 20.0 Å². The van der Waals surface area contributed by atoms with Gasteiger partial charge in [0.1, 0.15) is 0 Å². The van der Waals surface area contributed by atoms with Gasteiger partial charge in [-0.3, -0.25) is 0 Å². The molecule has 0 aliphatic carbocycles. The molecule has 0 radical (unpaired) electrons. The lowest BCUT2D eigenvalue weighted by Gasteiger charge is -2.20. The van der Waals surface area contributed by atoms with Gasteiger partial charge in [-0.05, 0) is 35.7 Å². The van der Waals surface area contributed by atoms with E-state index in [4.69, 9.17) is 5.14 Å². The van der Waals surface area contributed by atoms with Crippen LogP contribution in [0.15, 0.2) is 51.6 Å². The fourth-order valence-electron chi connectivity index (χ4n) is 1.89. The zero-order chi connectivity index (χ0) is 16.4. The van der Waals surface area contributed by atoms with E-state index in [1.807, 2.05) is 17.5 Å². The minimum Gasteiger partial charge on any atom is -0.225 e. The number of hydrogen-bond donors (Lipinski definition) is 1. The van der Waals surface area contributed by atoms with Gasteiger partial charge in [0.25, 0.3) is 0 Å². The summed E-state index contributed by atoms with van der Waals surface area (Å²) in [6, 6.07) is 8.63. The van der Waals surface area contributed by atoms with Crippen LogP contribution in [0, 0.1) is 0 Å². The molecular weight excluding hydrogens is 344 g/mol. The van der Waals surface area contributed by atoms with Gasteiger partial charge in [-0.25, -0.2) is 22.0 Å². The van der Waals surface area contributed by atoms with Gasteiger partial charge < -0.3 is 0 Å². The normalized spacial score (nSPS) is 12.7. The van der Waals surface area contributed by atoms with Crippen LogP contribution in [0.25, 0.3) is 0 Å². The van der Waals surface area contributed by atoms with Gasteiger partial charge in [-0.15, -0.1) is 11.3 Å². The Morgan fingerprint density at radius 1 is 1.05 bits per heavy atom. The summed E-state index contributed by atoms with van der Waals surface area (Å²) in [6.07, 6.45) is 0. The van der Waals surface area contributed by atoms with E-state index in [1.54, 1.807) is 6.92 Å². The van der Waals surface area contributed by atoms with Crippen molar-refractivity contribution in [3.8, 4) is 0 Å². The molecule has 22 heavy (non-hydrogen) atoms. The zero-order valence-corrected chi connectivity index (χ0v) is 14.3. The van der Waals surface area contributed by atoms with Crippen molar-refractivity contribution in [2.45, 2.75) is 23.3 Å². The lowest BCUT2D eigenvalue weighted by molar-refractivity contribution is 0.426. The van der Waals surface area contributed by atoms with Crippen molar-refractivity contribution in [2.24, 2.45) is 5.14 Å². The average Bonchev–Trinajstić information content (AvgIpc) is 2.96. The van der Waals surface area contributed by atoms with Crippen molar-refractivity contribution >= 4 is 31.4 Å². The summed E-state index contributed by atoms with van der Waals surface area (Å²) < 4.78 is 49.0. The van der Waals surface area contributed by atoms with E-state index in [-0.39, 0.29) is 16.3 Å². The van der Waals surface area contributed by atoms with E-state index in [2.05, 4.69) is 0 Å². The van der Waals surface area contributed by atoms with Gasteiger partial charge in [0, 0.05) is 18.0 Å². The summed E-state index contributed by atoms with van der Waals surface area (Å²) in [5.41, 5.74) is 0. The zero-order valence-electron chi connectivity index (χ0n) is 11.8. The molecule has 2 aromatic rings. The van der Waals surface area contributed by atoms with E-state index in [0.29, 0.717) is 6.54 Å². The fourth-order valence-corrected chi connectivity index (χ4v) is 4.64. The largest absolute Gasteiger partial charge is 0.243 e. The number of thiophene rings is 1. The first-order valence-electron chi connectivity index (χ1n) is 6.40. The first-order valence-corrected chi connectivity index (χ1v) is 10.3. The number of hydrogen-bond acceptors (Lipinski definition) is 5. The Morgan fingerprint density at radius 2 is 1.64 bits per heavy atom. The van der Waals surface area contributed by atoms with Gasteiger partial charge in [0.05, 0.1) is 9.79 Å². The molecule has 120 valence electrons. The predicted molar refractivity (Wildman–Crippen MR) is 85.4 cm³/mol.